The molecule has 58 heavy (non-hydrogen) atoms. The van der Waals surface area contributed by atoms with Crippen LogP contribution in [0.2, 0.25) is 0 Å². The van der Waals surface area contributed by atoms with Gasteiger partial charge in [0.25, 0.3) is 0 Å². The molecule has 0 aliphatic rings. The van der Waals surface area contributed by atoms with E-state index in [1.807, 2.05) is 0 Å². The van der Waals surface area contributed by atoms with Gasteiger partial charge in [-0.25, -0.2) is 9.97 Å². The molecule has 0 N–H and O–H groups in total. The molecular formula is C52H52B2N2S2. The Morgan fingerprint density at radius 2 is 0.586 bits per heavy atom. The van der Waals surface area contributed by atoms with E-state index in [4.69, 9.17) is 9.97 Å². The lowest BCUT2D eigenvalue weighted by atomic mass is 9.33. The van der Waals surface area contributed by atoms with Gasteiger partial charge in [-0.3, -0.25) is 0 Å². The number of benzene rings is 6. The van der Waals surface area contributed by atoms with Crippen LogP contribution in [-0.4, -0.2) is 23.4 Å². The van der Waals surface area contributed by atoms with Gasteiger partial charge in [-0.1, -0.05) is 219 Å². The molecule has 0 spiro atoms. The van der Waals surface area contributed by atoms with E-state index >= 15 is 0 Å². The first-order valence-corrected chi connectivity index (χ1v) is 22.1. The summed E-state index contributed by atoms with van der Waals surface area (Å²) in [6.45, 7) is 27.2. The van der Waals surface area contributed by atoms with Crippen LogP contribution in [0.3, 0.4) is 0 Å². The topological polar surface area (TPSA) is 25.8 Å². The summed E-state index contributed by atoms with van der Waals surface area (Å²) in [7, 11) is 0. The lowest BCUT2D eigenvalue weighted by Gasteiger charge is -2.26. The van der Waals surface area contributed by atoms with Gasteiger partial charge in [0, 0.05) is 11.1 Å². The Morgan fingerprint density at radius 3 is 0.845 bits per heavy atom. The highest BCUT2D eigenvalue weighted by molar-refractivity contribution is 7.29. The first-order chi connectivity index (χ1) is 27.7. The lowest BCUT2D eigenvalue weighted by Crippen LogP contribution is -2.56. The number of aryl methyl sites for hydroxylation is 12. The molecule has 0 saturated carbocycles. The fourth-order valence-electron chi connectivity index (χ4n) is 10.3. The molecule has 2 nitrogen and oxygen atoms in total. The van der Waals surface area contributed by atoms with Gasteiger partial charge in [0.15, 0.2) is 9.66 Å². The van der Waals surface area contributed by atoms with E-state index in [-0.39, 0.29) is 13.4 Å². The van der Waals surface area contributed by atoms with E-state index in [2.05, 4.69) is 180 Å². The van der Waals surface area contributed by atoms with Crippen molar-refractivity contribution in [2.75, 3.05) is 0 Å². The summed E-state index contributed by atoms with van der Waals surface area (Å²) in [6, 6.07) is 36.6. The van der Waals surface area contributed by atoms with Crippen molar-refractivity contribution in [1.82, 2.24) is 9.97 Å². The largest absolute Gasteiger partial charge is 0.243 e. The number of nitrogens with zero attached hydrogens (tertiary/aromatic N) is 2. The molecule has 8 aromatic rings. The Morgan fingerprint density at radius 1 is 0.345 bits per heavy atom. The zero-order valence-electron chi connectivity index (χ0n) is 36.1. The Balaban J connectivity index is 1.28. The highest BCUT2D eigenvalue weighted by atomic mass is 32.1. The molecule has 288 valence electrons. The Hall–Kier alpha value is -5.03. The quantitative estimate of drug-likeness (QED) is 0.143. The van der Waals surface area contributed by atoms with Crippen molar-refractivity contribution < 1.29 is 0 Å². The van der Waals surface area contributed by atoms with Gasteiger partial charge in [-0.15, -0.1) is 0 Å². The predicted octanol–water partition coefficient (Wildman–Crippen LogP) is 9.82. The second-order valence-electron chi connectivity index (χ2n) is 16.9. The van der Waals surface area contributed by atoms with E-state index in [1.165, 1.54) is 111 Å². The molecule has 2 aromatic heterocycles. The number of hydrogen-bond acceptors (Lipinski definition) is 4. The molecule has 0 unspecified atom stereocenters. The Labute approximate surface area is 354 Å². The molecule has 6 heteroatoms. The highest BCUT2D eigenvalue weighted by Gasteiger charge is 2.33. The first kappa shape index (κ1) is 39.8. The molecule has 0 radical (unpaired) electrons. The summed E-state index contributed by atoms with van der Waals surface area (Å²) in [4.78, 5) is 12.8. The van der Waals surface area contributed by atoms with Crippen LogP contribution in [0.1, 0.15) is 66.8 Å². The van der Waals surface area contributed by atoms with Crippen LogP contribution in [0.4, 0.5) is 0 Å². The molecule has 0 fully saturated rings. The monoisotopic (exact) mass is 790 g/mol. The molecule has 8 rings (SSSR count). The number of aromatic nitrogens is 2. The standard InChI is InChI=1S/C52H52B2N2S2/c1-29-21-33(5)45(34(6)22-29)53(46-35(7)23-30(2)24-36(46)8)43-19-15-13-17-41(43)49-55-51-52(57-49)56-50(58-51)42-18-14-16-20-44(42)54(47-37(9)25-31(3)26-38(47)10)48-39(11)27-32(4)28-40(48)12/h13-28H,1-12H3. The Bertz CT molecular complexity index is 2470. The third-order valence-electron chi connectivity index (χ3n) is 12.1. The maximum Gasteiger partial charge on any atom is 0.243 e. The van der Waals surface area contributed by atoms with Crippen molar-refractivity contribution >= 4 is 78.5 Å². The SMILES string of the molecule is Cc1cc(C)c(B(c2ccccc2-c2nc3sc(-c4ccccc4B(c4c(C)cc(C)cc4C)c4c(C)cc(C)cc4C)nc3s2)c2c(C)cc(C)cc2C)c(C)c1. The van der Waals surface area contributed by atoms with Crippen LogP contribution in [-0.2, 0) is 0 Å². The van der Waals surface area contributed by atoms with Crippen LogP contribution >= 0.6 is 22.7 Å². The molecule has 0 aliphatic heterocycles. The summed E-state index contributed by atoms with van der Waals surface area (Å²) < 4.78 is 0. The van der Waals surface area contributed by atoms with Crippen molar-refractivity contribution in [1.29, 1.82) is 0 Å². The van der Waals surface area contributed by atoms with E-state index in [0.29, 0.717) is 0 Å². The van der Waals surface area contributed by atoms with Gasteiger partial charge in [-0.05, 0) is 83.1 Å². The van der Waals surface area contributed by atoms with Gasteiger partial charge in [0.05, 0.1) is 0 Å². The molecule has 0 aliphatic carbocycles. The summed E-state index contributed by atoms with van der Waals surface area (Å²) in [5.41, 5.74) is 26.3. The minimum atomic E-state index is 0.0639. The zero-order chi connectivity index (χ0) is 41.2. The van der Waals surface area contributed by atoms with Gasteiger partial charge in [0.1, 0.15) is 10.0 Å². The summed E-state index contributed by atoms with van der Waals surface area (Å²) in [6.07, 6.45) is 0. The van der Waals surface area contributed by atoms with Crippen LogP contribution in [0.25, 0.3) is 30.8 Å². The fraction of sp³-hybridized carbons (Fsp3) is 0.231. The number of fused-ring (bicyclic) bond motifs is 1. The number of thiazole rings is 2. The van der Waals surface area contributed by atoms with Gasteiger partial charge >= 0.3 is 0 Å². The Kier molecular flexibility index (Phi) is 10.7. The van der Waals surface area contributed by atoms with Crippen LogP contribution in [0, 0.1) is 83.1 Å². The zero-order valence-corrected chi connectivity index (χ0v) is 37.7. The van der Waals surface area contributed by atoms with Gasteiger partial charge in [-0.2, -0.15) is 0 Å². The maximum absolute atomic E-state index is 5.42. The predicted molar refractivity (Wildman–Crippen MR) is 258 cm³/mol. The van der Waals surface area contributed by atoms with E-state index in [1.54, 1.807) is 22.7 Å². The van der Waals surface area contributed by atoms with Gasteiger partial charge < -0.3 is 0 Å². The smallest absolute Gasteiger partial charge is 0.223 e. The maximum atomic E-state index is 5.42. The van der Waals surface area contributed by atoms with Crippen LogP contribution in [0.15, 0.2) is 97.1 Å². The normalized spacial score (nSPS) is 11.4. The third kappa shape index (κ3) is 7.20. The van der Waals surface area contributed by atoms with Crippen molar-refractivity contribution in [2.24, 2.45) is 0 Å². The van der Waals surface area contributed by atoms with Crippen LogP contribution in [0.5, 0.6) is 0 Å². The van der Waals surface area contributed by atoms with E-state index < -0.39 is 0 Å². The third-order valence-corrected chi connectivity index (χ3v) is 14.2. The van der Waals surface area contributed by atoms with Crippen molar-refractivity contribution in [3.05, 3.63) is 164 Å². The lowest BCUT2D eigenvalue weighted by molar-refractivity contribution is 1.34. The molecular weight excluding hydrogens is 738 g/mol. The van der Waals surface area contributed by atoms with Crippen molar-refractivity contribution in [2.45, 2.75) is 83.1 Å². The van der Waals surface area contributed by atoms with Crippen molar-refractivity contribution in [3.8, 4) is 21.1 Å². The molecule has 0 saturated heterocycles. The summed E-state index contributed by atoms with van der Waals surface area (Å²) in [5.74, 6) is 0. The van der Waals surface area contributed by atoms with E-state index in [0.717, 1.165) is 19.7 Å². The summed E-state index contributed by atoms with van der Waals surface area (Å²) >= 11 is 3.44. The number of rotatable bonds is 8. The van der Waals surface area contributed by atoms with E-state index in [9.17, 15) is 0 Å². The summed E-state index contributed by atoms with van der Waals surface area (Å²) in [5, 5.41) is 2.04. The minimum Gasteiger partial charge on any atom is -0.223 e. The van der Waals surface area contributed by atoms with Crippen molar-refractivity contribution in [3.63, 3.8) is 0 Å². The molecule has 0 bridgehead atoms. The fourth-order valence-corrected chi connectivity index (χ4v) is 12.4. The molecule has 0 amide bonds. The average molecular weight is 791 g/mol. The molecule has 2 heterocycles. The van der Waals surface area contributed by atoms with Gasteiger partial charge in [0.2, 0.25) is 13.4 Å². The molecule has 6 aromatic carbocycles. The molecule has 0 atom stereocenters. The second kappa shape index (κ2) is 15.6. The minimum absolute atomic E-state index is 0.0639. The number of hydrogen-bond donors (Lipinski definition) is 0. The van der Waals surface area contributed by atoms with Crippen LogP contribution < -0.4 is 32.8 Å². The highest BCUT2D eigenvalue weighted by Crippen LogP contribution is 2.36. The average Bonchev–Trinajstić information content (AvgIpc) is 3.72. The second-order valence-corrected chi connectivity index (χ2v) is 18.9. The first-order valence-electron chi connectivity index (χ1n) is 20.5.